The first kappa shape index (κ1) is 31.0. The van der Waals surface area contributed by atoms with E-state index in [9.17, 15) is 5.11 Å². The lowest BCUT2D eigenvalue weighted by molar-refractivity contribution is -0.333. The second kappa shape index (κ2) is 16.4. The van der Waals surface area contributed by atoms with Crippen molar-refractivity contribution in [2.75, 3.05) is 13.7 Å². The Morgan fingerprint density at radius 1 is 0.558 bits per heavy atom. The fourth-order valence-corrected chi connectivity index (χ4v) is 5.21. The molecule has 1 aliphatic rings. The van der Waals surface area contributed by atoms with E-state index in [2.05, 4.69) is 0 Å². The van der Waals surface area contributed by atoms with E-state index in [-0.39, 0.29) is 6.61 Å². The van der Waals surface area contributed by atoms with Crippen LogP contribution in [0.15, 0.2) is 121 Å². The first-order valence-electron chi connectivity index (χ1n) is 14.7. The molecule has 0 saturated carbocycles. The van der Waals surface area contributed by atoms with Crippen molar-refractivity contribution in [3.05, 3.63) is 144 Å². The normalized spacial score (nSPS) is 22.7. The zero-order chi connectivity index (χ0) is 29.7. The van der Waals surface area contributed by atoms with Crippen molar-refractivity contribution < 1.29 is 33.5 Å². The summed E-state index contributed by atoms with van der Waals surface area (Å²) in [6.07, 6.45) is -4.09. The Labute approximate surface area is 253 Å². The van der Waals surface area contributed by atoms with Gasteiger partial charge < -0.3 is 33.5 Å². The third-order valence-corrected chi connectivity index (χ3v) is 7.47. The van der Waals surface area contributed by atoms with Gasteiger partial charge in [0.25, 0.3) is 0 Å². The number of aliphatic hydroxyl groups is 1. The summed E-state index contributed by atoms with van der Waals surface area (Å²) in [7, 11) is 1.58. The highest BCUT2D eigenvalue weighted by Crippen LogP contribution is 2.33. The minimum Gasteiger partial charge on any atom is -0.394 e. The molecule has 7 nitrogen and oxygen atoms in total. The van der Waals surface area contributed by atoms with Crippen molar-refractivity contribution in [2.45, 2.75) is 63.2 Å². The van der Waals surface area contributed by atoms with Crippen molar-refractivity contribution in [1.29, 1.82) is 0 Å². The van der Waals surface area contributed by atoms with Crippen molar-refractivity contribution in [3.63, 3.8) is 0 Å². The van der Waals surface area contributed by atoms with Crippen LogP contribution in [0.3, 0.4) is 0 Å². The highest BCUT2D eigenvalue weighted by atomic mass is 16.7. The molecule has 226 valence electrons. The smallest absolute Gasteiger partial charge is 0.186 e. The van der Waals surface area contributed by atoms with Crippen LogP contribution in [0.5, 0.6) is 0 Å². The molecular formula is C36H40O7. The summed E-state index contributed by atoms with van der Waals surface area (Å²) in [5.74, 6) is 0. The highest BCUT2D eigenvalue weighted by Gasteiger charge is 2.51. The zero-order valence-electron chi connectivity index (χ0n) is 24.4. The summed E-state index contributed by atoms with van der Waals surface area (Å²) in [6, 6.07) is 39.7. The molecule has 1 saturated heterocycles. The lowest BCUT2D eigenvalue weighted by Gasteiger charge is -2.47. The van der Waals surface area contributed by atoms with Crippen molar-refractivity contribution in [1.82, 2.24) is 0 Å². The molecule has 7 heteroatoms. The molecular weight excluding hydrogens is 544 g/mol. The fraction of sp³-hybridized carbons (Fsp3) is 0.333. The average molecular weight is 585 g/mol. The van der Waals surface area contributed by atoms with Crippen molar-refractivity contribution in [3.8, 4) is 0 Å². The van der Waals surface area contributed by atoms with Gasteiger partial charge in [0.1, 0.15) is 30.5 Å². The summed E-state index contributed by atoms with van der Waals surface area (Å²) in [4.78, 5) is 0. The SMILES string of the molecule is CO[C@H]1O[C@H]([C@H](CO)OCc2ccccc2)[C@@H](OCc2ccccc2)[C@H](OCc2ccccc2)[C@@H]1OCc1ccccc1. The number of rotatable bonds is 15. The third-order valence-electron chi connectivity index (χ3n) is 7.47. The Balaban J connectivity index is 1.44. The summed E-state index contributed by atoms with van der Waals surface area (Å²) in [6.45, 7) is 1.01. The Morgan fingerprint density at radius 3 is 1.37 bits per heavy atom. The molecule has 0 unspecified atom stereocenters. The molecule has 5 rings (SSSR count). The molecule has 43 heavy (non-hydrogen) atoms. The van der Waals surface area contributed by atoms with Crippen LogP contribution in [0.4, 0.5) is 0 Å². The first-order chi connectivity index (χ1) is 21.2. The predicted molar refractivity (Wildman–Crippen MR) is 163 cm³/mol. The van der Waals surface area contributed by atoms with Gasteiger partial charge in [-0.1, -0.05) is 121 Å². The van der Waals surface area contributed by atoms with Crippen molar-refractivity contribution in [2.24, 2.45) is 0 Å². The molecule has 0 radical (unpaired) electrons. The quantitative estimate of drug-likeness (QED) is 0.192. The van der Waals surface area contributed by atoms with Gasteiger partial charge in [-0.3, -0.25) is 0 Å². The summed E-state index contributed by atoms with van der Waals surface area (Å²) in [5, 5.41) is 10.6. The maximum Gasteiger partial charge on any atom is 0.186 e. The van der Waals surface area contributed by atoms with Crippen LogP contribution in [0.2, 0.25) is 0 Å². The Bertz CT molecular complexity index is 1310. The Hall–Kier alpha value is -3.40. The van der Waals surface area contributed by atoms with Gasteiger partial charge in [-0.2, -0.15) is 0 Å². The van der Waals surface area contributed by atoms with Gasteiger partial charge in [0, 0.05) is 7.11 Å². The molecule has 0 amide bonds. The van der Waals surface area contributed by atoms with E-state index in [1.165, 1.54) is 0 Å². The van der Waals surface area contributed by atoms with Crippen LogP contribution in [0, 0.1) is 0 Å². The molecule has 1 N–H and O–H groups in total. The minimum absolute atomic E-state index is 0.278. The van der Waals surface area contributed by atoms with Crippen LogP contribution < -0.4 is 0 Å². The van der Waals surface area contributed by atoms with E-state index in [1.54, 1.807) is 7.11 Å². The predicted octanol–water partition coefficient (Wildman–Crippen LogP) is 5.69. The van der Waals surface area contributed by atoms with Gasteiger partial charge in [-0.05, 0) is 22.3 Å². The van der Waals surface area contributed by atoms with E-state index in [0.717, 1.165) is 22.3 Å². The molecule has 6 atom stereocenters. The van der Waals surface area contributed by atoms with E-state index >= 15 is 0 Å². The van der Waals surface area contributed by atoms with Gasteiger partial charge >= 0.3 is 0 Å². The molecule has 1 aliphatic heterocycles. The number of ether oxygens (including phenoxy) is 6. The highest BCUT2D eigenvalue weighted by molar-refractivity contribution is 5.16. The first-order valence-corrected chi connectivity index (χ1v) is 14.7. The van der Waals surface area contributed by atoms with Gasteiger partial charge in [0.05, 0.1) is 33.0 Å². The van der Waals surface area contributed by atoms with E-state index < -0.39 is 36.8 Å². The van der Waals surface area contributed by atoms with E-state index in [4.69, 9.17) is 28.4 Å². The topological polar surface area (TPSA) is 75.6 Å². The third kappa shape index (κ3) is 8.81. The Kier molecular flexibility index (Phi) is 11.9. The zero-order valence-corrected chi connectivity index (χ0v) is 24.4. The molecule has 0 spiro atoms. The maximum absolute atomic E-state index is 10.6. The second-order valence-corrected chi connectivity index (χ2v) is 10.5. The summed E-state index contributed by atoms with van der Waals surface area (Å²) < 4.78 is 38.4. The average Bonchev–Trinajstić information content (AvgIpc) is 3.07. The van der Waals surface area contributed by atoms with Gasteiger partial charge in [0.15, 0.2) is 6.29 Å². The molecule has 0 aromatic heterocycles. The lowest BCUT2D eigenvalue weighted by atomic mass is 9.94. The second-order valence-electron chi connectivity index (χ2n) is 10.5. The van der Waals surface area contributed by atoms with Gasteiger partial charge in [-0.15, -0.1) is 0 Å². The van der Waals surface area contributed by atoms with Gasteiger partial charge in [0.2, 0.25) is 0 Å². The largest absolute Gasteiger partial charge is 0.394 e. The fourth-order valence-electron chi connectivity index (χ4n) is 5.21. The van der Waals surface area contributed by atoms with Crippen LogP contribution in [0.25, 0.3) is 0 Å². The molecule has 4 aromatic carbocycles. The molecule has 0 aliphatic carbocycles. The summed E-state index contributed by atoms with van der Waals surface area (Å²) in [5.41, 5.74) is 4.02. The van der Waals surface area contributed by atoms with Crippen LogP contribution in [-0.2, 0) is 54.8 Å². The molecule has 1 fully saturated rings. The minimum atomic E-state index is -0.791. The van der Waals surface area contributed by atoms with Crippen LogP contribution >= 0.6 is 0 Å². The number of hydrogen-bond acceptors (Lipinski definition) is 7. The van der Waals surface area contributed by atoms with Crippen LogP contribution in [0.1, 0.15) is 22.3 Å². The van der Waals surface area contributed by atoms with E-state index in [1.807, 2.05) is 121 Å². The number of aliphatic hydroxyl groups excluding tert-OH is 1. The number of hydrogen-bond donors (Lipinski definition) is 1. The molecule has 0 bridgehead atoms. The lowest BCUT2D eigenvalue weighted by Crippen LogP contribution is -2.64. The molecule has 1 heterocycles. The Morgan fingerprint density at radius 2 is 0.953 bits per heavy atom. The molecule has 4 aromatic rings. The summed E-state index contributed by atoms with van der Waals surface area (Å²) >= 11 is 0. The van der Waals surface area contributed by atoms with Gasteiger partial charge in [-0.25, -0.2) is 0 Å². The standard InChI is InChI=1S/C36H40O7/c1-38-36-35(42-26-30-20-12-5-13-21-30)34(41-25-29-18-10-4-11-19-29)33(40-24-28-16-8-3-9-17-28)32(43-36)31(22-37)39-23-27-14-6-2-7-15-27/h2-21,31-37H,22-26H2,1H3/t31-,32+,33+,34-,35-,36-/m0/s1. The van der Waals surface area contributed by atoms with E-state index in [0.29, 0.717) is 26.4 Å². The number of methoxy groups -OCH3 is 1. The maximum atomic E-state index is 10.6. The van der Waals surface area contributed by atoms with Crippen molar-refractivity contribution >= 4 is 0 Å². The number of benzene rings is 4. The monoisotopic (exact) mass is 584 g/mol. The van der Waals surface area contributed by atoms with Crippen LogP contribution in [-0.4, -0.2) is 55.6 Å².